The molecule has 1 aliphatic rings. The van der Waals surface area contributed by atoms with E-state index in [9.17, 15) is 21.6 Å². The molecular formula is C48H45Cl2F3N2O3S. The van der Waals surface area contributed by atoms with Gasteiger partial charge in [0, 0.05) is 78.3 Å². The smallest absolute Gasteiger partial charge is 0.375 e. The van der Waals surface area contributed by atoms with E-state index in [-0.39, 0.29) is 23.2 Å². The molecule has 0 N–H and O–H groups in total. The number of nitrogens with zero attached hydrogens (tertiary/aromatic N) is 2. The summed E-state index contributed by atoms with van der Waals surface area (Å²) in [7, 11) is -4.05. The van der Waals surface area contributed by atoms with Crippen molar-refractivity contribution in [3.8, 4) is 0 Å². The first-order valence-electron chi connectivity index (χ1n) is 19.7. The topological polar surface area (TPSA) is 51.5 Å². The Morgan fingerprint density at radius 3 is 2.14 bits per heavy atom. The van der Waals surface area contributed by atoms with Crippen molar-refractivity contribution in [1.82, 2.24) is 4.57 Å². The van der Waals surface area contributed by atoms with Crippen LogP contribution in [0.1, 0.15) is 76.1 Å². The van der Waals surface area contributed by atoms with E-state index in [1.165, 1.54) is 0 Å². The summed E-state index contributed by atoms with van der Waals surface area (Å²) < 4.78 is 75.5. The lowest BCUT2D eigenvalue weighted by molar-refractivity contribution is -0.0518. The van der Waals surface area contributed by atoms with Gasteiger partial charge in [-0.2, -0.15) is 21.6 Å². The van der Waals surface area contributed by atoms with Crippen molar-refractivity contribution < 1.29 is 25.8 Å². The molecule has 306 valence electrons. The predicted octanol–water partition coefficient (Wildman–Crippen LogP) is 13.7. The Bertz CT molecular complexity index is 2890. The molecule has 1 aliphatic carbocycles. The minimum absolute atomic E-state index is 0.0535. The Labute approximate surface area is 353 Å². The highest BCUT2D eigenvalue weighted by Crippen LogP contribution is 2.46. The Hall–Kier alpha value is -4.96. The van der Waals surface area contributed by atoms with Crippen LogP contribution in [0, 0.1) is 0 Å². The van der Waals surface area contributed by atoms with E-state index < -0.39 is 21.4 Å². The molecular weight excluding hydrogens is 813 g/mol. The second-order valence-electron chi connectivity index (χ2n) is 15.1. The van der Waals surface area contributed by atoms with Crippen LogP contribution in [0.15, 0.2) is 115 Å². The number of aromatic nitrogens is 1. The molecule has 1 aromatic heterocycles. The fourth-order valence-corrected chi connectivity index (χ4v) is 9.27. The quantitative estimate of drug-likeness (QED) is 0.0660. The van der Waals surface area contributed by atoms with Gasteiger partial charge in [0.05, 0.1) is 5.52 Å². The summed E-state index contributed by atoms with van der Waals surface area (Å²) in [4.78, 5) is 2.21. The van der Waals surface area contributed by atoms with E-state index in [4.69, 9.17) is 27.4 Å². The van der Waals surface area contributed by atoms with E-state index in [1.54, 1.807) is 42.5 Å². The van der Waals surface area contributed by atoms with Crippen molar-refractivity contribution in [2.24, 2.45) is 0 Å². The highest BCUT2D eigenvalue weighted by atomic mass is 35.5. The summed E-state index contributed by atoms with van der Waals surface area (Å²) in [5.41, 5.74) is -1.10. The van der Waals surface area contributed by atoms with Gasteiger partial charge in [0.1, 0.15) is 0 Å². The number of benzene rings is 5. The Morgan fingerprint density at radius 2 is 1.46 bits per heavy atom. The van der Waals surface area contributed by atoms with Gasteiger partial charge in [0.2, 0.25) is 0 Å². The number of alkyl halides is 3. The first-order chi connectivity index (χ1) is 28.1. The van der Waals surface area contributed by atoms with Crippen LogP contribution in [0.5, 0.6) is 0 Å². The molecule has 0 aliphatic heterocycles. The summed E-state index contributed by atoms with van der Waals surface area (Å²) in [6, 6.07) is 26.6. The van der Waals surface area contributed by atoms with Crippen molar-refractivity contribution in [1.29, 1.82) is 0 Å². The number of rotatable bonds is 13. The van der Waals surface area contributed by atoms with Gasteiger partial charge in [0.25, 0.3) is 0 Å². The average molecular weight is 858 g/mol. The number of anilines is 1. The number of hydrogen-bond acceptors (Lipinski definition) is 4. The molecule has 0 bridgehead atoms. The Balaban J connectivity index is 1.45. The number of halogens is 5. The Kier molecular flexibility index (Phi) is 11.9. The van der Waals surface area contributed by atoms with Crippen LogP contribution in [0.2, 0.25) is 10.0 Å². The van der Waals surface area contributed by atoms with E-state index >= 15 is 0 Å². The fourth-order valence-electron chi connectivity index (χ4n) is 8.34. The van der Waals surface area contributed by atoms with E-state index in [0.717, 1.165) is 74.7 Å². The van der Waals surface area contributed by atoms with E-state index in [1.807, 2.05) is 73.8 Å². The third-order valence-electron chi connectivity index (χ3n) is 11.3. The normalized spacial score (nSPS) is 15.6. The SMILES string of the molecule is C=C(/C=C/C1=C(OS(=O)(=O)C(F)(F)F)C(=C/C=c2\c3cccc4c(Cl)ccc(c43)n2C(C)CCC)/c2ccccc21)c1cccc2c(Cl)ccc(N(C)C(C)CCC)c12. The molecule has 5 nitrogen and oxygen atoms in total. The van der Waals surface area contributed by atoms with Crippen molar-refractivity contribution in [3.63, 3.8) is 0 Å². The molecule has 0 saturated carbocycles. The summed E-state index contributed by atoms with van der Waals surface area (Å²) in [5.74, 6) is -0.441. The van der Waals surface area contributed by atoms with Crippen LogP contribution >= 0.6 is 23.2 Å². The molecule has 6 aromatic rings. The standard InChI is InChI=1S/C48H45Cl2F3N2O3S/c1-7-13-30(4)54(6)43-27-24-40(49)37-18-11-17-32(45(37)43)29(3)21-22-35-33-15-9-10-16-34(33)36(47(35)58-59(56,57)48(51,52)53)23-26-42-39-20-12-19-38-41(50)25-28-44(46(38)39)55(42)31(5)14-8-2/h9-12,15-28,30-31H,3,7-8,13-14H2,1-2,4-6H3/b22-21+,36-23+,42-26+. The molecule has 0 radical (unpaired) electrons. The van der Waals surface area contributed by atoms with Crippen LogP contribution in [0.3, 0.4) is 0 Å². The highest BCUT2D eigenvalue weighted by Gasteiger charge is 2.50. The summed E-state index contributed by atoms with van der Waals surface area (Å²) in [6.07, 6.45) is 10.5. The minimum Gasteiger partial charge on any atom is -0.375 e. The number of fused-ring (bicyclic) bond motifs is 2. The molecule has 0 fully saturated rings. The molecule has 5 aromatic carbocycles. The molecule has 1 heterocycles. The third-order valence-corrected chi connectivity index (χ3v) is 12.9. The second kappa shape index (κ2) is 16.6. The second-order valence-corrected chi connectivity index (χ2v) is 17.5. The number of allylic oxidation sites excluding steroid dienone is 6. The molecule has 0 amide bonds. The van der Waals surface area contributed by atoms with Gasteiger partial charge in [-0.05, 0) is 91.4 Å². The predicted molar refractivity (Wildman–Crippen MR) is 241 cm³/mol. The molecule has 2 atom stereocenters. The van der Waals surface area contributed by atoms with Gasteiger partial charge in [0.15, 0.2) is 5.76 Å². The highest BCUT2D eigenvalue weighted by molar-refractivity contribution is 7.87. The molecule has 59 heavy (non-hydrogen) atoms. The molecule has 7 rings (SSSR count). The molecule has 2 unspecified atom stereocenters. The van der Waals surface area contributed by atoms with Gasteiger partial charge in [-0.3, -0.25) is 0 Å². The maximum atomic E-state index is 14.1. The van der Waals surface area contributed by atoms with Crippen molar-refractivity contribution in [3.05, 3.63) is 148 Å². The Morgan fingerprint density at radius 1 is 0.831 bits per heavy atom. The fraction of sp³-hybridized carbons (Fsp3) is 0.250. The monoisotopic (exact) mass is 856 g/mol. The van der Waals surface area contributed by atoms with Gasteiger partial charge in [-0.25, -0.2) is 0 Å². The largest absolute Gasteiger partial charge is 0.534 e. The van der Waals surface area contributed by atoms with E-state index in [2.05, 4.69) is 43.7 Å². The van der Waals surface area contributed by atoms with Gasteiger partial charge in [-0.15, -0.1) is 0 Å². The van der Waals surface area contributed by atoms with Crippen LogP contribution in [-0.4, -0.2) is 31.6 Å². The van der Waals surface area contributed by atoms with Gasteiger partial charge >= 0.3 is 15.6 Å². The summed E-state index contributed by atoms with van der Waals surface area (Å²) >= 11 is 13.4. The zero-order valence-electron chi connectivity index (χ0n) is 33.5. The van der Waals surface area contributed by atoms with Crippen molar-refractivity contribution in [2.75, 3.05) is 11.9 Å². The first-order valence-corrected chi connectivity index (χ1v) is 21.8. The van der Waals surface area contributed by atoms with Crippen molar-refractivity contribution in [2.45, 2.75) is 71.0 Å². The van der Waals surface area contributed by atoms with Crippen LogP contribution in [0.4, 0.5) is 18.9 Å². The molecule has 11 heteroatoms. The first kappa shape index (κ1) is 42.2. The third kappa shape index (κ3) is 7.69. The summed E-state index contributed by atoms with van der Waals surface area (Å²) in [5, 5.41) is 6.43. The lowest BCUT2D eigenvalue weighted by Gasteiger charge is -2.29. The van der Waals surface area contributed by atoms with Gasteiger partial charge in [-0.1, -0.05) is 123 Å². The van der Waals surface area contributed by atoms with Gasteiger partial charge < -0.3 is 13.7 Å². The van der Waals surface area contributed by atoms with Crippen LogP contribution in [0.25, 0.3) is 55.2 Å². The number of hydrogen-bond donors (Lipinski definition) is 0. The maximum absolute atomic E-state index is 14.1. The maximum Gasteiger partial charge on any atom is 0.534 e. The van der Waals surface area contributed by atoms with Crippen LogP contribution < -0.4 is 10.2 Å². The lowest BCUT2D eigenvalue weighted by Crippen LogP contribution is -2.28. The van der Waals surface area contributed by atoms with Crippen molar-refractivity contribution >= 4 is 94.3 Å². The average Bonchev–Trinajstić information content (AvgIpc) is 3.68. The zero-order valence-corrected chi connectivity index (χ0v) is 35.8. The summed E-state index contributed by atoms with van der Waals surface area (Å²) in [6.45, 7) is 12.9. The minimum atomic E-state index is -6.09. The lowest BCUT2D eigenvalue weighted by atomic mass is 9.95. The molecule has 0 saturated heterocycles. The zero-order chi connectivity index (χ0) is 42.4. The van der Waals surface area contributed by atoms with Crippen LogP contribution in [-0.2, 0) is 14.3 Å². The van der Waals surface area contributed by atoms with E-state index in [0.29, 0.717) is 26.7 Å². The molecule has 0 spiro atoms.